The van der Waals surface area contributed by atoms with E-state index in [1.165, 1.54) is 36.8 Å². The van der Waals surface area contributed by atoms with Crippen molar-refractivity contribution in [2.75, 3.05) is 25.1 Å². The molecule has 1 aliphatic rings. The fourth-order valence-electron chi connectivity index (χ4n) is 4.34. The number of hydrogen-bond donors (Lipinski definition) is 0. The first-order chi connectivity index (χ1) is 14.8. The monoisotopic (exact) mass is 398 g/mol. The molecule has 1 fully saturated rings. The molecule has 30 heavy (non-hydrogen) atoms. The number of methoxy groups -OCH3 is 1. The maximum Gasteiger partial charge on any atom is 0.150 e. The molecule has 0 spiro atoms. The first kappa shape index (κ1) is 18.7. The van der Waals surface area contributed by atoms with Crippen LogP contribution in [0, 0.1) is 0 Å². The van der Waals surface area contributed by atoms with Gasteiger partial charge in [0.15, 0.2) is 5.65 Å². The van der Waals surface area contributed by atoms with Gasteiger partial charge in [0.2, 0.25) is 0 Å². The van der Waals surface area contributed by atoms with E-state index in [-0.39, 0.29) is 0 Å². The van der Waals surface area contributed by atoms with Crippen LogP contribution in [0.25, 0.3) is 27.8 Å². The van der Waals surface area contributed by atoms with Crippen LogP contribution in [-0.2, 0) is 0 Å². The third-order valence-electron chi connectivity index (χ3n) is 5.90. The van der Waals surface area contributed by atoms with Gasteiger partial charge in [-0.15, -0.1) is 0 Å². The molecule has 3 heterocycles. The fourth-order valence-corrected chi connectivity index (χ4v) is 4.34. The summed E-state index contributed by atoms with van der Waals surface area (Å²) >= 11 is 0. The van der Waals surface area contributed by atoms with Crippen LogP contribution in [0.1, 0.15) is 25.7 Å². The molecule has 152 valence electrons. The van der Waals surface area contributed by atoms with Crippen molar-refractivity contribution in [1.82, 2.24) is 14.5 Å². The normalized spacial score (nSPS) is 14.6. The second-order valence-electron chi connectivity index (χ2n) is 7.77. The van der Waals surface area contributed by atoms with E-state index < -0.39 is 0 Å². The number of aromatic nitrogens is 3. The highest BCUT2D eigenvalue weighted by Crippen LogP contribution is 2.37. The Hall–Kier alpha value is -3.34. The van der Waals surface area contributed by atoms with E-state index in [9.17, 15) is 0 Å². The minimum Gasteiger partial charge on any atom is -0.497 e. The predicted octanol–water partition coefficient (Wildman–Crippen LogP) is 5.48. The van der Waals surface area contributed by atoms with Crippen molar-refractivity contribution in [3.05, 3.63) is 67.1 Å². The molecule has 0 unspecified atom stereocenters. The Labute approximate surface area is 177 Å². The third-order valence-corrected chi connectivity index (χ3v) is 5.90. The zero-order valence-corrected chi connectivity index (χ0v) is 17.3. The van der Waals surface area contributed by atoms with Crippen LogP contribution in [0.2, 0.25) is 0 Å². The molecule has 0 atom stereocenters. The molecule has 1 aliphatic heterocycles. The summed E-state index contributed by atoms with van der Waals surface area (Å²) in [6.07, 6.45) is 8.91. The number of nitrogens with zero attached hydrogens (tertiary/aromatic N) is 4. The first-order valence-electron chi connectivity index (χ1n) is 10.7. The van der Waals surface area contributed by atoms with Crippen molar-refractivity contribution < 1.29 is 4.74 Å². The lowest BCUT2D eigenvalue weighted by Gasteiger charge is -2.22. The van der Waals surface area contributed by atoms with Crippen LogP contribution in [0.4, 0.5) is 5.82 Å². The maximum atomic E-state index is 5.34. The van der Waals surface area contributed by atoms with Crippen LogP contribution in [0.3, 0.4) is 0 Å². The van der Waals surface area contributed by atoms with E-state index in [1.54, 1.807) is 13.4 Å². The minimum atomic E-state index is 0.846. The highest BCUT2D eigenvalue weighted by Gasteiger charge is 2.21. The first-order valence-corrected chi connectivity index (χ1v) is 10.7. The molecule has 0 radical (unpaired) electrons. The summed E-state index contributed by atoms with van der Waals surface area (Å²) in [6.45, 7) is 2.10. The number of ether oxygens (including phenoxy) is 1. The van der Waals surface area contributed by atoms with Crippen molar-refractivity contribution in [3.8, 4) is 22.6 Å². The third kappa shape index (κ3) is 3.41. The van der Waals surface area contributed by atoms with Gasteiger partial charge in [-0.2, -0.15) is 0 Å². The predicted molar refractivity (Wildman–Crippen MR) is 122 cm³/mol. The summed E-state index contributed by atoms with van der Waals surface area (Å²) in [6, 6.07) is 18.7. The Morgan fingerprint density at radius 3 is 2.27 bits per heavy atom. The molecule has 1 saturated heterocycles. The fraction of sp³-hybridized carbons (Fsp3) is 0.280. The van der Waals surface area contributed by atoms with E-state index in [0.29, 0.717) is 0 Å². The molecule has 0 aliphatic carbocycles. The van der Waals surface area contributed by atoms with Crippen LogP contribution >= 0.6 is 0 Å². The van der Waals surface area contributed by atoms with E-state index >= 15 is 0 Å². The average Bonchev–Trinajstić information content (AvgIpc) is 2.99. The van der Waals surface area contributed by atoms with Gasteiger partial charge in [-0.25, -0.2) is 9.97 Å². The van der Waals surface area contributed by atoms with Crippen molar-refractivity contribution in [2.45, 2.75) is 25.7 Å². The van der Waals surface area contributed by atoms with Crippen molar-refractivity contribution in [1.29, 1.82) is 0 Å². The van der Waals surface area contributed by atoms with Crippen LogP contribution < -0.4 is 9.64 Å². The Morgan fingerprint density at radius 2 is 1.57 bits per heavy atom. The van der Waals surface area contributed by atoms with E-state index in [1.807, 2.05) is 12.1 Å². The largest absolute Gasteiger partial charge is 0.497 e. The maximum absolute atomic E-state index is 5.34. The Morgan fingerprint density at radius 1 is 0.833 bits per heavy atom. The molecule has 2 aromatic heterocycles. The molecular formula is C25H26N4O. The second kappa shape index (κ2) is 8.19. The van der Waals surface area contributed by atoms with Crippen molar-refractivity contribution in [2.24, 2.45) is 0 Å². The zero-order valence-electron chi connectivity index (χ0n) is 17.3. The van der Waals surface area contributed by atoms with Crippen molar-refractivity contribution in [3.63, 3.8) is 0 Å². The van der Waals surface area contributed by atoms with Crippen LogP contribution in [0.5, 0.6) is 5.75 Å². The lowest BCUT2D eigenvalue weighted by molar-refractivity contribution is 0.415. The molecule has 4 aromatic rings. The van der Waals surface area contributed by atoms with E-state index in [2.05, 4.69) is 58.1 Å². The average molecular weight is 399 g/mol. The Balaban J connectivity index is 1.73. The van der Waals surface area contributed by atoms with Gasteiger partial charge in [0.25, 0.3) is 0 Å². The van der Waals surface area contributed by atoms with E-state index in [0.717, 1.165) is 41.4 Å². The smallest absolute Gasteiger partial charge is 0.150 e. The summed E-state index contributed by atoms with van der Waals surface area (Å²) in [4.78, 5) is 11.9. The molecule has 0 N–H and O–H groups in total. The highest BCUT2D eigenvalue weighted by molar-refractivity contribution is 6.02. The van der Waals surface area contributed by atoms with Gasteiger partial charge in [-0.1, -0.05) is 43.2 Å². The van der Waals surface area contributed by atoms with Crippen LogP contribution in [-0.4, -0.2) is 34.7 Å². The van der Waals surface area contributed by atoms with Gasteiger partial charge in [0, 0.05) is 30.5 Å². The topological polar surface area (TPSA) is 43.2 Å². The van der Waals surface area contributed by atoms with Gasteiger partial charge >= 0.3 is 0 Å². The van der Waals surface area contributed by atoms with Gasteiger partial charge in [0.05, 0.1) is 12.5 Å². The summed E-state index contributed by atoms with van der Waals surface area (Å²) in [5.41, 5.74) is 4.35. The van der Waals surface area contributed by atoms with Gasteiger partial charge < -0.3 is 14.2 Å². The summed E-state index contributed by atoms with van der Waals surface area (Å²) < 4.78 is 7.50. The number of hydrogen-bond acceptors (Lipinski definition) is 4. The molecular weight excluding hydrogens is 372 g/mol. The Bertz CT molecular complexity index is 1130. The molecule has 0 saturated carbocycles. The SMILES string of the molecule is COc1ccc(-n2cc(-c3ccccc3)c3c(N4CCCCCC4)ncnc32)cc1. The zero-order chi connectivity index (χ0) is 20.3. The number of fused-ring (bicyclic) bond motifs is 1. The lowest BCUT2D eigenvalue weighted by atomic mass is 10.1. The molecule has 2 aromatic carbocycles. The number of benzene rings is 2. The second-order valence-corrected chi connectivity index (χ2v) is 7.77. The van der Waals surface area contributed by atoms with Gasteiger partial charge in [-0.05, 0) is 42.7 Å². The van der Waals surface area contributed by atoms with Crippen LogP contribution in [0.15, 0.2) is 67.1 Å². The summed E-state index contributed by atoms with van der Waals surface area (Å²) in [5.74, 6) is 1.89. The van der Waals surface area contributed by atoms with Gasteiger partial charge in [-0.3, -0.25) is 0 Å². The summed E-state index contributed by atoms with van der Waals surface area (Å²) in [7, 11) is 1.69. The van der Waals surface area contributed by atoms with Crippen molar-refractivity contribution >= 4 is 16.9 Å². The molecule has 0 amide bonds. The molecule has 5 heteroatoms. The molecule has 0 bridgehead atoms. The summed E-state index contributed by atoms with van der Waals surface area (Å²) in [5, 5.41) is 1.13. The van der Waals surface area contributed by atoms with Gasteiger partial charge in [0.1, 0.15) is 17.9 Å². The number of rotatable bonds is 4. The standard InChI is InChI=1S/C25H26N4O/c1-30-21-13-11-20(12-14-21)29-17-22(19-9-5-4-6-10-19)23-24(26-18-27-25(23)29)28-15-7-2-3-8-16-28/h4-6,9-14,17-18H,2-3,7-8,15-16H2,1H3. The minimum absolute atomic E-state index is 0.846. The quantitative estimate of drug-likeness (QED) is 0.457. The number of anilines is 1. The van der Waals surface area contributed by atoms with E-state index in [4.69, 9.17) is 14.7 Å². The lowest BCUT2D eigenvalue weighted by Crippen LogP contribution is -2.25. The highest BCUT2D eigenvalue weighted by atomic mass is 16.5. The molecule has 5 rings (SSSR count). The molecule has 5 nitrogen and oxygen atoms in total. The Kier molecular flexibility index (Phi) is 5.10.